The fraction of sp³-hybridized carbons (Fsp3) is 0.156. The third kappa shape index (κ3) is 8.40. The third-order valence-electron chi connectivity index (χ3n) is 8.97. The second kappa shape index (κ2) is 15.4. The molecule has 2 aromatic heterocycles. The zero-order chi connectivity index (χ0) is 33.7. The Morgan fingerprint density at radius 3 is 1.90 bits per heavy atom. The summed E-state index contributed by atoms with van der Waals surface area (Å²) in [5.41, 5.74) is 10.3. The summed E-state index contributed by atoms with van der Waals surface area (Å²) in [7, 11) is -1.47. The van der Waals surface area contributed by atoms with E-state index in [4.69, 9.17) is 4.98 Å². The van der Waals surface area contributed by atoms with Gasteiger partial charge in [-0.3, -0.25) is 0 Å². The van der Waals surface area contributed by atoms with Crippen molar-refractivity contribution in [1.82, 2.24) is 9.97 Å². The maximum atomic E-state index is 4.73. The number of hydrogen-bond donors (Lipinski definition) is 0. The van der Waals surface area contributed by atoms with Gasteiger partial charge in [-0.15, -0.1) is 70.8 Å². The minimum Gasteiger partial charge on any atom is -0.305 e. The zero-order valence-electron chi connectivity index (χ0n) is 29.1. The molecule has 0 unspecified atom stereocenters. The summed E-state index contributed by atoms with van der Waals surface area (Å²) >= 11 is 0. The fourth-order valence-electron chi connectivity index (χ4n) is 5.97. The van der Waals surface area contributed by atoms with Crippen molar-refractivity contribution in [2.24, 2.45) is 0 Å². The Morgan fingerprint density at radius 2 is 1.22 bits per heavy atom. The molecule has 0 bridgehead atoms. The van der Waals surface area contributed by atoms with E-state index in [2.05, 4.69) is 179 Å². The van der Waals surface area contributed by atoms with Crippen LogP contribution in [0.5, 0.6) is 0 Å². The molecule has 2 heterocycles. The van der Waals surface area contributed by atoms with Crippen LogP contribution in [-0.4, -0.2) is 18.0 Å². The smallest absolute Gasteiger partial charge is 0.0803 e. The van der Waals surface area contributed by atoms with E-state index in [0.29, 0.717) is 0 Å². The van der Waals surface area contributed by atoms with Crippen molar-refractivity contribution < 1.29 is 20.1 Å². The van der Waals surface area contributed by atoms with E-state index in [1.54, 1.807) is 0 Å². The summed E-state index contributed by atoms with van der Waals surface area (Å²) in [5.74, 6) is 0. The van der Waals surface area contributed by atoms with Crippen LogP contribution >= 0.6 is 0 Å². The van der Waals surface area contributed by atoms with Crippen molar-refractivity contribution >= 4 is 24.0 Å². The van der Waals surface area contributed by atoms with Crippen molar-refractivity contribution in [3.8, 4) is 33.6 Å². The molecule has 247 valence electrons. The van der Waals surface area contributed by atoms with Gasteiger partial charge in [0.05, 0.1) is 8.07 Å². The minimum atomic E-state index is -1.47. The molecule has 4 heteroatoms. The van der Waals surface area contributed by atoms with Crippen molar-refractivity contribution in [3.63, 3.8) is 0 Å². The Balaban J connectivity index is 0.000000188. The Labute approximate surface area is 306 Å². The van der Waals surface area contributed by atoms with Gasteiger partial charge >= 0.3 is 0 Å². The number of benzene rings is 5. The molecular weight excluding hydrogens is 789 g/mol. The maximum Gasteiger partial charge on any atom is 0.0803 e. The molecule has 1 radical (unpaired) electrons. The molecule has 0 saturated carbocycles. The van der Waals surface area contributed by atoms with E-state index in [1.165, 1.54) is 38.4 Å². The SMILES string of the molecule is CC(C)(c1ccccc1)c1cc[c-]c(-c2cc3ccccc3cn2)c1.Cc1c[c-]c(-c2cc(-c3ccccc3)c([Si](C)(C)C)cn2)cc1.[Ir]. The normalized spacial score (nSPS) is 11.3. The second-order valence-corrected chi connectivity index (χ2v) is 18.9. The molecule has 49 heavy (non-hydrogen) atoms. The van der Waals surface area contributed by atoms with Crippen molar-refractivity contribution in [2.45, 2.75) is 45.8 Å². The van der Waals surface area contributed by atoms with Crippen LogP contribution in [0, 0.1) is 19.1 Å². The molecule has 0 atom stereocenters. The van der Waals surface area contributed by atoms with Crippen LogP contribution in [0.25, 0.3) is 44.4 Å². The maximum absolute atomic E-state index is 4.73. The Morgan fingerprint density at radius 1 is 0.592 bits per heavy atom. The first-order valence-electron chi connectivity index (χ1n) is 16.6. The quantitative estimate of drug-likeness (QED) is 0.123. The van der Waals surface area contributed by atoms with Gasteiger partial charge in [-0.1, -0.05) is 137 Å². The van der Waals surface area contributed by atoms with Crippen LogP contribution in [0.4, 0.5) is 0 Å². The van der Waals surface area contributed by atoms with Crippen molar-refractivity contribution in [2.75, 3.05) is 0 Å². The van der Waals surface area contributed by atoms with Gasteiger partial charge in [-0.2, -0.15) is 0 Å². The number of nitrogens with zero attached hydrogens (tertiary/aromatic N) is 2. The number of aryl methyl sites for hydroxylation is 1. The predicted molar refractivity (Wildman–Crippen MR) is 206 cm³/mol. The average molecular weight is 831 g/mol. The van der Waals surface area contributed by atoms with Crippen LogP contribution in [0.1, 0.15) is 30.5 Å². The van der Waals surface area contributed by atoms with Crippen LogP contribution in [0.2, 0.25) is 19.6 Å². The second-order valence-electron chi connectivity index (χ2n) is 13.9. The summed E-state index contributed by atoms with van der Waals surface area (Å²) in [6.45, 7) is 13.7. The monoisotopic (exact) mass is 831 g/mol. The number of aromatic nitrogens is 2. The Bertz CT molecular complexity index is 2130. The van der Waals surface area contributed by atoms with Crippen LogP contribution < -0.4 is 5.19 Å². The molecule has 0 N–H and O–H groups in total. The molecule has 0 aliphatic carbocycles. The van der Waals surface area contributed by atoms with Gasteiger partial charge in [0.25, 0.3) is 0 Å². The first kappa shape index (κ1) is 35.8. The van der Waals surface area contributed by atoms with Gasteiger partial charge < -0.3 is 9.97 Å². The zero-order valence-corrected chi connectivity index (χ0v) is 32.5. The molecule has 0 amide bonds. The van der Waals surface area contributed by atoms with Gasteiger partial charge in [-0.05, 0) is 49.5 Å². The van der Waals surface area contributed by atoms with E-state index < -0.39 is 8.07 Å². The van der Waals surface area contributed by atoms with E-state index >= 15 is 0 Å². The van der Waals surface area contributed by atoms with Crippen LogP contribution in [-0.2, 0) is 25.5 Å². The Hall–Kier alpha value is -4.47. The summed E-state index contributed by atoms with van der Waals surface area (Å²) in [6.07, 6.45) is 4.02. The van der Waals surface area contributed by atoms with Crippen molar-refractivity contribution in [3.05, 3.63) is 175 Å². The predicted octanol–water partition coefficient (Wildman–Crippen LogP) is 11.1. The summed E-state index contributed by atoms with van der Waals surface area (Å²) in [5, 5.41) is 3.76. The van der Waals surface area contributed by atoms with Gasteiger partial charge in [0.15, 0.2) is 0 Å². The largest absolute Gasteiger partial charge is 0.305 e. The first-order valence-corrected chi connectivity index (χ1v) is 20.1. The van der Waals surface area contributed by atoms with Gasteiger partial charge in [0, 0.05) is 32.5 Å². The molecule has 5 aromatic carbocycles. The molecule has 0 aliphatic rings. The first-order chi connectivity index (χ1) is 23.1. The molecular formula is C45H42IrN2Si-2. The average Bonchev–Trinajstić information content (AvgIpc) is 3.12. The molecule has 0 fully saturated rings. The molecule has 7 rings (SSSR count). The Kier molecular flexibility index (Phi) is 11.2. The van der Waals surface area contributed by atoms with Gasteiger partial charge in [-0.25, -0.2) is 0 Å². The number of pyridine rings is 2. The van der Waals surface area contributed by atoms with Crippen LogP contribution in [0.3, 0.4) is 0 Å². The summed E-state index contributed by atoms with van der Waals surface area (Å²) < 4.78 is 0. The molecule has 2 nitrogen and oxygen atoms in total. The molecule has 0 spiro atoms. The van der Waals surface area contributed by atoms with E-state index in [1.807, 2.05) is 24.4 Å². The number of fused-ring (bicyclic) bond motifs is 1. The van der Waals surface area contributed by atoms with Gasteiger partial charge in [0.1, 0.15) is 0 Å². The van der Waals surface area contributed by atoms with E-state index in [0.717, 1.165) is 27.9 Å². The summed E-state index contributed by atoms with van der Waals surface area (Å²) in [4.78, 5) is 9.38. The number of rotatable bonds is 6. The van der Waals surface area contributed by atoms with E-state index in [9.17, 15) is 0 Å². The number of hydrogen-bond acceptors (Lipinski definition) is 2. The molecule has 0 saturated heterocycles. The molecule has 0 aliphatic heterocycles. The third-order valence-corrected chi connectivity index (χ3v) is 11.0. The van der Waals surface area contributed by atoms with E-state index in [-0.39, 0.29) is 25.5 Å². The topological polar surface area (TPSA) is 25.8 Å². The fourth-order valence-corrected chi connectivity index (χ4v) is 7.45. The standard InChI is InChI=1S/C24H20N.C21H22NSi.Ir/c1-24(2,21-12-4-3-5-13-21)22-14-8-11-19(15-22)23-16-18-9-6-7-10-20(18)17-25-23;1-16-10-12-18(13-11-16)20-14-19(17-8-6-5-7-9-17)21(15-22-20)23(2,3)4;/h3-10,12-17H,1-2H3;5-12,14-15H,1-4H3;/q2*-1;. The molecule has 7 aromatic rings. The van der Waals surface area contributed by atoms with Gasteiger partial charge in [0.2, 0.25) is 0 Å². The minimum absolute atomic E-state index is 0. The van der Waals surface area contributed by atoms with Crippen LogP contribution in [0.15, 0.2) is 146 Å². The van der Waals surface area contributed by atoms with Crippen molar-refractivity contribution in [1.29, 1.82) is 0 Å². The summed E-state index contributed by atoms with van der Waals surface area (Å²) in [6, 6.07) is 53.2.